The number of aliphatic carboxylic acids is 1. The average Bonchev–Trinajstić information content (AvgIpc) is 3.14. The first-order valence-corrected chi connectivity index (χ1v) is 9.21. The van der Waals surface area contributed by atoms with Crippen LogP contribution in [0, 0.1) is 0 Å². The molecule has 0 saturated carbocycles. The Labute approximate surface area is 205 Å². The molecular formula is C19H16N7O5Y-. The van der Waals surface area contributed by atoms with Crippen molar-refractivity contribution in [1.82, 2.24) is 24.8 Å². The summed E-state index contributed by atoms with van der Waals surface area (Å²) in [6.07, 6.45) is 1.56. The van der Waals surface area contributed by atoms with Crippen molar-refractivity contribution >= 4 is 40.6 Å². The molecule has 1 fully saturated rings. The first kappa shape index (κ1) is 23.4. The predicted octanol–water partition coefficient (Wildman–Crippen LogP) is 0.714. The number of nitrogens with one attached hydrogen (secondary N) is 1. The molecule has 1 radical (unpaired) electrons. The number of H-pyrrole nitrogens is 1. The van der Waals surface area contributed by atoms with Crippen molar-refractivity contribution in [3.8, 4) is 0 Å². The number of amides is 2. The van der Waals surface area contributed by atoms with E-state index in [1.807, 2.05) is 0 Å². The maximum absolute atomic E-state index is 12.6. The molecule has 1 aliphatic heterocycles. The van der Waals surface area contributed by atoms with Crippen LogP contribution in [0.1, 0.15) is 28.9 Å². The fourth-order valence-electron chi connectivity index (χ4n) is 3.24. The van der Waals surface area contributed by atoms with Crippen LogP contribution in [-0.4, -0.2) is 53.8 Å². The van der Waals surface area contributed by atoms with E-state index in [9.17, 15) is 24.3 Å². The van der Waals surface area contributed by atoms with E-state index < -0.39 is 29.4 Å². The summed E-state index contributed by atoms with van der Waals surface area (Å²) in [5, 5.41) is 13.6. The monoisotopic (exact) mass is 511 g/mol. The molecule has 3 heterocycles. The van der Waals surface area contributed by atoms with E-state index in [4.69, 9.17) is 5.73 Å². The number of anilines is 1. The molecule has 161 valence electrons. The van der Waals surface area contributed by atoms with Crippen LogP contribution in [0.3, 0.4) is 0 Å². The maximum Gasteiger partial charge on any atom is 0.326 e. The molecule has 1 aromatic carbocycles. The van der Waals surface area contributed by atoms with Gasteiger partial charge in [0, 0.05) is 56.6 Å². The van der Waals surface area contributed by atoms with Gasteiger partial charge >= 0.3 is 5.97 Å². The number of carboxylic acids is 1. The third-order valence-electron chi connectivity index (χ3n) is 4.74. The molecule has 32 heavy (non-hydrogen) atoms. The number of aromatic amines is 1. The predicted molar refractivity (Wildman–Crippen MR) is 107 cm³/mol. The summed E-state index contributed by atoms with van der Waals surface area (Å²) in [5.41, 5.74) is 6.27. The normalized spacial score (nSPS) is 15.4. The zero-order chi connectivity index (χ0) is 22.1. The molecule has 3 aromatic rings. The zero-order valence-electron chi connectivity index (χ0n) is 16.6. The van der Waals surface area contributed by atoms with Crippen LogP contribution in [0.25, 0.3) is 16.5 Å². The van der Waals surface area contributed by atoms with Crippen LogP contribution in [0.2, 0.25) is 0 Å². The fourth-order valence-corrected chi connectivity index (χ4v) is 3.24. The second-order valence-corrected chi connectivity index (χ2v) is 6.81. The van der Waals surface area contributed by atoms with Crippen molar-refractivity contribution in [2.45, 2.75) is 25.4 Å². The molecule has 0 spiro atoms. The van der Waals surface area contributed by atoms with E-state index >= 15 is 0 Å². The van der Waals surface area contributed by atoms with Crippen molar-refractivity contribution < 1.29 is 52.2 Å². The molecule has 0 bridgehead atoms. The van der Waals surface area contributed by atoms with E-state index in [2.05, 4.69) is 25.3 Å². The number of carbonyl (C=O) groups is 3. The number of likely N-dealkylation sites (tertiary alicyclic amines) is 1. The number of imide groups is 1. The number of nitrogen functional groups attached to an aromatic ring is 1. The minimum Gasteiger partial charge on any atom is -0.679 e. The van der Waals surface area contributed by atoms with Crippen LogP contribution < -0.4 is 11.3 Å². The van der Waals surface area contributed by atoms with E-state index in [0.717, 1.165) is 4.90 Å². The van der Waals surface area contributed by atoms with Gasteiger partial charge in [-0.25, -0.2) is 14.8 Å². The molecule has 4 N–H and O–H groups in total. The van der Waals surface area contributed by atoms with Crippen molar-refractivity contribution in [3.63, 3.8) is 0 Å². The van der Waals surface area contributed by atoms with Crippen molar-refractivity contribution in [2.24, 2.45) is 0 Å². The minimum absolute atomic E-state index is 0. The SMILES string of the molecule is Nc1nc2ncc(C[N-]c3ccc(C(=O)N4C(=O)CC[C@H]4C(=O)O)cc3)nc2c(=O)[nH]1.[Y]. The Kier molecular flexibility index (Phi) is 6.94. The van der Waals surface area contributed by atoms with Gasteiger partial charge in [0.15, 0.2) is 11.2 Å². The molecule has 4 rings (SSSR count). The number of fused-ring (bicyclic) bond motifs is 1. The Balaban J connectivity index is 0.00000289. The number of rotatable bonds is 5. The molecular weight excluding hydrogens is 495 g/mol. The van der Waals surface area contributed by atoms with Crippen LogP contribution >= 0.6 is 0 Å². The van der Waals surface area contributed by atoms with Gasteiger partial charge in [-0.3, -0.25) is 24.3 Å². The quantitative estimate of drug-likeness (QED) is 0.415. The first-order valence-electron chi connectivity index (χ1n) is 9.21. The topological polar surface area (TPSA) is 186 Å². The molecule has 2 amide bonds. The molecule has 12 nitrogen and oxygen atoms in total. The van der Waals surface area contributed by atoms with Gasteiger partial charge in [0.1, 0.15) is 6.04 Å². The van der Waals surface area contributed by atoms with E-state index in [0.29, 0.717) is 11.4 Å². The van der Waals surface area contributed by atoms with E-state index in [-0.39, 0.29) is 74.8 Å². The number of hydrogen-bond donors (Lipinski definition) is 3. The summed E-state index contributed by atoms with van der Waals surface area (Å²) in [6, 6.07) is 4.91. The Morgan fingerprint density at radius 3 is 2.62 bits per heavy atom. The second kappa shape index (κ2) is 9.49. The number of hydrogen-bond acceptors (Lipinski definition) is 8. The third kappa shape index (κ3) is 4.65. The van der Waals surface area contributed by atoms with Crippen LogP contribution in [-0.2, 0) is 48.8 Å². The molecule has 1 aliphatic rings. The Morgan fingerprint density at radius 2 is 1.94 bits per heavy atom. The van der Waals surface area contributed by atoms with Gasteiger partial charge in [0.2, 0.25) is 11.9 Å². The average molecular weight is 511 g/mol. The molecule has 2 aromatic heterocycles. The van der Waals surface area contributed by atoms with Crippen molar-refractivity contribution in [1.29, 1.82) is 0 Å². The second-order valence-electron chi connectivity index (χ2n) is 6.81. The van der Waals surface area contributed by atoms with Gasteiger partial charge in [-0.2, -0.15) is 4.98 Å². The standard InChI is InChI=1S/C19H17N7O5.Y/c20-19-24-15-14(16(28)25-19)23-11(8-22-15)7-21-10-3-1-9(2-4-10)17(29)26-12(18(30)31)5-6-13(26)27;/h1-4,8,12H,5-7H2,(H5,20,21,22,24,25,28,29,30,31);/p-1/t12-;/m0./s1. The largest absolute Gasteiger partial charge is 0.679 e. The number of nitrogens with two attached hydrogens (primary N) is 1. The Bertz CT molecular complexity index is 1260. The van der Waals surface area contributed by atoms with Crippen LogP contribution in [0.15, 0.2) is 35.3 Å². The van der Waals surface area contributed by atoms with Gasteiger partial charge in [0.05, 0.1) is 0 Å². The van der Waals surface area contributed by atoms with Crippen LogP contribution in [0.5, 0.6) is 0 Å². The molecule has 1 atom stereocenters. The number of benzene rings is 1. The number of carboxylic acid groups (broad SMARTS) is 1. The van der Waals surface area contributed by atoms with Crippen LogP contribution in [0.4, 0.5) is 11.6 Å². The fraction of sp³-hybridized carbons (Fsp3) is 0.211. The smallest absolute Gasteiger partial charge is 0.326 e. The van der Waals surface area contributed by atoms with Crippen molar-refractivity contribution in [3.05, 3.63) is 57.4 Å². The van der Waals surface area contributed by atoms with Gasteiger partial charge in [0.25, 0.3) is 11.5 Å². The maximum atomic E-state index is 12.6. The number of carbonyl (C=O) groups excluding carboxylic acids is 2. The Morgan fingerprint density at radius 1 is 1.22 bits per heavy atom. The zero-order valence-corrected chi connectivity index (χ0v) is 19.4. The molecule has 0 aliphatic carbocycles. The van der Waals surface area contributed by atoms with E-state index in [1.54, 1.807) is 12.1 Å². The first-order chi connectivity index (χ1) is 14.8. The van der Waals surface area contributed by atoms with Crippen molar-refractivity contribution in [2.75, 3.05) is 5.73 Å². The Hall–Kier alpha value is -3.25. The molecule has 0 unspecified atom stereocenters. The molecule has 13 heteroatoms. The van der Waals surface area contributed by atoms with Gasteiger partial charge < -0.3 is 16.2 Å². The third-order valence-corrected chi connectivity index (χ3v) is 4.74. The van der Waals surface area contributed by atoms with Gasteiger partial charge in [-0.15, -0.1) is 5.69 Å². The summed E-state index contributed by atoms with van der Waals surface area (Å²) in [5.74, 6) is -2.43. The summed E-state index contributed by atoms with van der Waals surface area (Å²) < 4.78 is 0. The van der Waals surface area contributed by atoms with Gasteiger partial charge in [-0.1, -0.05) is 30.8 Å². The van der Waals surface area contributed by atoms with E-state index in [1.165, 1.54) is 18.3 Å². The summed E-state index contributed by atoms with van der Waals surface area (Å²) in [6.45, 7) is 0.117. The summed E-state index contributed by atoms with van der Waals surface area (Å²) in [7, 11) is 0. The summed E-state index contributed by atoms with van der Waals surface area (Å²) >= 11 is 0. The van der Waals surface area contributed by atoms with Gasteiger partial charge in [-0.05, 0) is 6.42 Å². The number of aromatic nitrogens is 4. The minimum atomic E-state index is -1.21. The summed E-state index contributed by atoms with van der Waals surface area (Å²) in [4.78, 5) is 63.0. The molecule has 1 saturated heterocycles. The number of nitrogens with zero attached hydrogens (tertiary/aromatic N) is 5.